The molecule has 0 fully saturated rings. The topological polar surface area (TPSA) is 35.3 Å². The summed E-state index contributed by atoms with van der Waals surface area (Å²) in [4.78, 5) is 0. The Hall–Kier alpha value is -0.520. The molecule has 0 aliphatic heterocycles. The Bertz CT molecular complexity index is 409. The Morgan fingerprint density at radius 2 is 2.31 bits per heavy atom. The highest BCUT2D eigenvalue weighted by molar-refractivity contribution is 14.1. The summed E-state index contributed by atoms with van der Waals surface area (Å²) >= 11 is 2.33. The predicted molar refractivity (Wildman–Crippen MR) is 71.9 cm³/mol. The van der Waals surface area contributed by atoms with Gasteiger partial charge >= 0.3 is 0 Å². The number of allylic oxidation sites excluding steroid dienone is 1. The van der Waals surface area contributed by atoms with Gasteiger partial charge in [-0.3, -0.25) is 0 Å². The van der Waals surface area contributed by atoms with E-state index in [0.29, 0.717) is 11.8 Å². The van der Waals surface area contributed by atoms with Crippen molar-refractivity contribution in [3.63, 3.8) is 0 Å². The van der Waals surface area contributed by atoms with E-state index in [9.17, 15) is 0 Å². The Labute approximate surface area is 109 Å². The summed E-state index contributed by atoms with van der Waals surface area (Å²) in [6.45, 7) is 6.17. The molecule has 1 aromatic rings. The van der Waals surface area contributed by atoms with Gasteiger partial charge < -0.3 is 9.26 Å². The van der Waals surface area contributed by atoms with Gasteiger partial charge in [0, 0.05) is 9.50 Å². The van der Waals surface area contributed by atoms with E-state index < -0.39 is 0 Å². The zero-order valence-corrected chi connectivity index (χ0v) is 11.9. The maximum atomic E-state index is 5.68. The molecule has 1 aliphatic carbocycles. The molecule has 1 aliphatic rings. The van der Waals surface area contributed by atoms with Crippen LogP contribution in [0.2, 0.25) is 0 Å². The minimum Gasteiger partial charge on any atom is -0.472 e. The molecule has 1 unspecified atom stereocenters. The molecular weight excluding hydrogens is 317 g/mol. The second-order valence-corrected chi connectivity index (χ2v) is 5.59. The third-order valence-corrected chi connectivity index (χ3v) is 3.62. The molecule has 2 rings (SSSR count). The van der Waals surface area contributed by atoms with Gasteiger partial charge in [0.05, 0.1) is 11.7 Å². The van der Waals surface area contributed by atoms with Crippen LogP contribution in [-0.4, -0.2) is 11.3 Å². The van der Waals surface area contributed by atoms with Gasteiger partial charge in [-0.25, -0.2) is 0 Å². The molecule has 4 heteroatoms. The van der Waals surface area contributed by atoms with Crippen molar-refractivity contribution in [3.8, 4) is 5.88 Å². The maximum absolute atomic E-state index is 5.68. The number of aromatic nitrogens is 1. The summed E-state index contributed by atoms with van der Waals surface area (Å²) in [5.41, 5.74) is 1.05. The smallest absolute Gasteiger partial charge is 0.263 e. The van der Waals surface area contributed by atoms with Gasteiger partial charge in [0.2, 0.25) is 0 Å². The lowest BCUT2D eigenvalue weighted by atomic mass is 10.0. The van der Waals surface area contributed by atoms with Crippen molar-refractivity contribution in [2.24, 2.45) is 0 Å². The van der Waals surface area contributed by atoms with Gasteiger partial charge in [-0.1, -0.05) is 13.0 Å². The molecule has 3 nitrogen and oxygen atoms in total. The van der Waals surface area contributed by atoms with E-state index in [1.165, 1.54) is 3.58 Å². The lowest BCUT2D eigenvalue weighted by molar-refractivity contribution is 0.215. The molecule has 0 bridgehead atoms. The molecule has 1 heterocycles. The number of halogens is 1. The van der Waals surface area contributed by atoms with Gasteiger partial charge in [-0.2, -0.15) is 0 Å². The van der Waals surface area contributed by atoms with Crippen LogP contribution in [-0.2, 0) is 0 Å². The SMILES string of the molecule is CC(C)Oc1noc2c1C(I)=CCCC2C. The molecule has 0 saturated carbocycles. The minimum atomic E-state index is 0.122. The van der Waals surface area contributed by atoms with Crippen molar-refractivity contribution in [2.75, 3.05) is 0 Å². The molecule has 1 aromatic heterocycles. The Kier molecular flexibility index (Phi) is 3.56. The summed E-state index contributed by atoms with van der Waals surface area (Å²) in [5.74, 6) is 2.02. The normalized spacial score (nSPS) is 20.3. The molecule has 0 amide bonds. The lowest BCUT2D eigenvalue weighted by Gasteiger charge is -2.08. The number of hydrogen-bond donors (Lipinski definition) is 0. The van der Waals surface area contributed by atoms with E-state index in [4.69, 9.17) is 9.26 Å². The van der Waals surface area contributed by atoms with Crippen LogP contribution < -0.4 is 4.74 Å². The molecule has 0 spiro atoms. The summed E-state index contributed by atoms with van der Waals surface area (Å²) in [6.07, 6.45) is 4.55. The fourth-order valence-electron chi connectivity index (χ4n) is 1.84. The van der Waals surface area contributed by atoms with Crippen molar-refractivity contribution in [1.29, 1.82) is 0 Å². The van der Waals surface area contributed by atoms with Gasteiger partial charge in [-0.15, -0.1) is 0 Å². The van der Waals surface area contributed by atoms with Crippen LogP contribution >= 0.6 is 22.6 Å². The Morgan fingerprint density at radius 3 is 3.00 bits per heavy atom. The van der Waals surface area contributed by atoms with Crippen molar-refractivity contribution < 1.29 is 9.26 Å². The van der Waals surface area contributed by atoms with E-state index in [0.717, 1.165) is 24.2 Å². The van der Waals surface area contributed by atoms with Crippen molar-refractivity contribution in [3.05, 3.63) is 17.4 Å². The molecule has 88 valence electrons. The second kappa shape index (κ2) is 4.77. The number of rotatable bonds is 2. The van der Waals surface area contributed by atoms with Crippen molar-refractivity contribution in [1.82, 2.24) is 5.16 Å². The predicted octanol–water partition coefficient (Wildman–Crippen LogP) is 4.14. The summed E-state index contributed by atoms with van der Waals surface area (Å²) < 4.78 is 12.3. The van der Waals surface area contributed by atoms with Gasteiger partial charge in [0.1, 0.15) is 0 Å². The van der Waals surface area contributed by atoms with Crippen LogP contribution in [0.5, 0.6) is 5.88 Å². The monoisotopic (exact) mass is 333 g/mol. The van der Waals surface area contributed by atoms with E-state index in [-0.39, 0.29) is 6.10 Å². The highest BCUT2D eigenvalue weighted by Gasteiger charge is 2.26. The number of nitrogens with zero attached hydrogens (tertiary/aromatic N) is 1. The van der Waals surface area contributed by atoms with Gasteiger partial charge in [0.25, 0.3) is 5.88 Å². The first kappa shape index (κ1) is 12.0. The second-order valence-electron chi connectivity index (χ2n) is 4.42. The first-order valence-corrected chi connectivity index (χ1v) is 6.69. The molecule has 16 heavy (non-hydrogen) atoms. The average Bonchev–Trinajstić information content (AvgIpc) is 2.54. The van der Waals surface area contributed by atoms with Crippen LogP contribution in [0.4, 0.5) is 0 Å². The molecule has 0 saturated heterocycles. The molecule has 1 atom stereocenters. The van der Waals surface area contributed by atoms with E-state index in [1.54, 1.807) is 0 Å². The largest absolute Gasteiger partial charge is 0.472 e. The third-order valence-electron chi connectivity index (χ3n) is 2.64. The van der Waals surface area contributed by atoms with E-state index in [2.05, 4.69) is 40.7 Å². The summed E-state index contributed by atoms with van der Waals surface area (Å²) in [7, 11) is 0. The lowest BCUT2D eigenvalue weighted by Crippen LogP contribution is -2.07. The average molecular weight is 333 g/mol. The third kappa shape index (κ3) is 2.26. The quantitative estimate of drug-likeness (QED) is 0.763. The Balaban J connectivity index is 2.43. The molecule has 0 N–H and O–H groups in total. The molecular formula is C12H16INO2. The van der Waals surface area contributed by atoms with Crippen molar-refractivity contribution >= 4 is 26.2 Å². The minimum absolute atomic E-state index is 0.122. The summed E-state index contributed by atoms with van der Waals surface area (Å²) in [5, 5.41) is 4.04. The van der Waals surface area contributed by atoms with E-state index in [1.807, 2.05) is 13.8 Å². The van der Waals surface area contributed by atoms with E-state index >= 15 is 0 Å². The van der Waals surface area contributed by atoms with Crippen LogP contribution in [0.25, 0.3) is 3.58 Å². The standard InChI is InChI=1S/C12H16INO2/c1-7(2)15-12-10-9(13)6-4-5-8(3)11(10)16-14-12/h6-8H,4-5H2,1-3H3. The van der Waals surface area contributed by atoms with Gasteiger partial charge in [0.15, 0.2) is 5.76 Å². The number of fused-ring (bicyclic) bond motifs is 1. The van der Waals surface area contributed by atoms with Crippen LogP contribution in [0, 0.1) is 0 Å². The zero-order chi connectivity index (χ0) is 11.7. The molecule has 0 radical (unpaired) electrons. The Morgan fingerprint density at radius 1 is 1.56 bits per heavy atom. The molecule has 0 aromatic carbocycles. The first-order valence-electron chi connectivity index (χ1n) is 5.62. The highest BCUT2D eigenvalue weighted by atomic mass is 127. The summed E-state index contributed by atoms with van der Waals surface area (Å²) in [6, 6.07) is 0. The van der Waals surface area contributed by atoms with Crippen molar-refractivity contribution in [2.45, 2.75) is 45.6 Å². The fourth-order valence-corrected chi connectivity index (χ4v) is 2.65. The van der Waals surface area contributed by atoms with Crippen LogP contribution in [0.3, 0.4) is 0 Å². The fraction of sp³-hybridized carbons (Fsp3) is 0.583. The van der Waals surface area contributed by atoms with Gasteiger partial charge in [-0.05, 0) is 54.4 Å². The number of hydrogen-bond acceptors (Lipinski definition) is 3. The zero-order valence-electron chi connectivity index (χ0n) is 9.79. The maximum Gasteiger partial charge on any atom is 0.263 e. The van der Waals surface area contributed by atoms with Crippen LogP contribution in [0.1, 0.15) is 50.9 Å². The first-order chi connectivity index (χ1) is 7.59. The van der Waals surface area contributed by atoms with Crippen LogP contribution in [0.15, 0.2) is 10.6 Å². The highest BCUT2D eigenvalue weighted by Crippen LogP contribution is 2.41. The number of ether oxygens (including phenoxy) is 1.